The Morgan fingerprint density at radius 3 is 1.13 bits per heavy atom. The first-order chi connectivity index (χ1) is 43.9. The van der Waals surface area contributed by atoms with Crippen LogP contribution in [0.1, 0.15) is 297 Å². The van der Waals surface area contributed by atoms with Gasteiger partial charge in [-0.15, -0.1) is 0 Å². The second-order valence-corrected chi connectivity index (χ2v) is 22.2. The van der Waals surface area contributed by atoms with Gasteiger partial charge in [0.25, 0.3) is 0 Å². The predicted molar refractivity (Wildman–Crippen MR) is 356 cm³/mol. The smallest absolute Gasteiger partial charge is 0.325 e. The second kappa shape index (κ2) is 67.7. The molecule has 0 amide bonds. The van der Waals surface area contributed by atoms with Crippen LogP contribution in [-0.2, 0) is 61.4 Å². The number of rotatable bonds is 52. The topological polar surface area (TPSA) is 304 Å². The van der Waals surface area contributed by atoms with Crippen LogP contribution >= 0.6 is 0 Å². The average molecular weight is 1280 g/mol. The van der Waals surface area contributed by atoms with Crippen LogP contribution in [0.4, 0.5) is 0 Å². The highest BCUT2D eigenvalue weighted by Gasteiger charge is 2.06. The number of carbonyl (C=O) groups excluding carboxylic acids is 3. The molecule has 4 rings (SSSR count). The maximum atomic E-state index is 10.4. The van der Waals surface area contributed by atoms with Crippen LogP contribution in [0.15, 0.2) is 71.2 Å². The van der Waals surface area contributed by atoms with Gasteiger partial charge in [0.15, 0.2) is 29.9 Å². The maximum Gasteiger partial charge on any atom is 0.325 e. The van der Waals surface area contributed by atoms with Gasteiger partial charge >= 0.3 is 11.9 Å². The Bertz CT molecular complexity index is 2230. The molecule has 0 saturated heterocycles. The molecule has 0 aliphatic heterocycles. The van der Waals surface area contributed by atoms with Crippen molar-refractivity contribution in [1.29, 1.82) is 0 Å². The van der Waals surface area contributed by atoms with Crippen molar-refractivity contribution >= 4 is 36.7 Å². The lowest BCUT2D eigenvalue weighted by molar-refractivity contribution is -0.667. The number of aryl methyl sites for hydroxylation is 1. The zero-order valence-corrected chi connectivity index (χ0v) is 56.2. The number of unbranched alkanes of at least 4 members (excludes halogenated alkanes) is 28. The third-order valence-corrected chi connectivity index (χ3v) is 13.8. The number of carboxylic acid groups (broad SMARTS) is 3. The van der Waals surface area contributed by atoms with Crippen molar-refractivity contribution in [1.82, 2.24) is 0 Å². The van der Waals surface area contributed by atoms with Crippen molar-refractivity contribution in [2.45, 2.75) is 273 Å². The normalized spacial score (nSPS) is 10.6. The molecule has 0 aliphatic rings. The van der Waals surface area contributed by atoms with Gasteiger partial charge in [-0.25, -0.2) is 0 Å². The molecule has 19 nitrogen and oxygen atoms in total. The van der Waals surface area contributed by atoms with Crippen molar-refractivity contribution in [3.05, 3.63) is 94.6 Å². The van der Waals surface area contributed by atoms with E-state index in [2.05, 4.69) is 38.4 Å². The van der Waals surface area contributed by atoms with Crippen LogP contribution in [0.2, 0.25) is 0 Å². The van der Waals surface area contributed by atoms with Gasteiger partial charge < -0.3 is 68.2 Å². The minimum absolute atomic E-state index is 0. The number of aliphatic hydroxyl groups is 1. The zero-order valence-electron chi connectivity index (χ0n) is 56.2. The van der Waals surface area contributed by atoms with Crippen LogP contribution in [0.25, 0.3) is 0 Å². The van der Waals surface area contributed by atoms with E-state index in [1.807, 2.05) is 31.2 Å². The van der Waals surface area contributed by atoms with Gasteiger partial charge in [0, 0.05) is 34.3 Å². The molecule has 19 heteroatoms. The van der Waals surface area contributed by atoms with Gasteiger partial charge in [-0.1, -0.05) is 214 Å². The summed E-state index contributed by atoms with van der Waals surface area (Å²) in [6, 6.07) is 14.3. The van der Waals surface area contributed by atoms with E-state index in [9.17, 15) is 29.1 Å². The highest BCUT2D eigenvalue weighted by molar-refractivity contribution is 5.79. The van der Waals surface area contributed by atoms with Gasteiger partial charge in [-0.05, 0) is 74.2 Å². The molecule has 0 aliphatic carbocycles. The van der Waals surface area contributed by atoms with Gasteiger partial charge in [0.2, 0.25) is 0 Å². The van der Waals surface area contributed by atoms with Crippen molar-refractivity contribution in [2.24, 2.45) is 10.7 Å². The van der Waals surface area contributed by atoms with Crippen molar-refractivity contribution < 1.29 is 83.0 Å². The van der Waals surface area contributed by atoms with Crippen LogP contribution in [-0.4, -0.2) is 98.1 Å². The number of aliphatic hydroxyl groups excluding tert-OH is 1. The number of aldehydes is 2. The van der Waals surface area contributed by atoms with Crippen molar-refractivity contribution in [3.63, 3.8) is 0 Å². The van der Waals surface area contributed by atoms with Gasteiger partial charge in [0.05, 0.1) is 18.7 Å². The largest absolute Gasteiger partial charge is 0.544 e. The van der Waals surface area contributed by atoms with Gasteiger partial charge in [-0.3, -0.25) is 24.2 Å². The van der Waals surface area contributed by atoms with E-state index in [1.165, 1.54) is 186 Å². The molecular formula is C71H123N3O16. The Hall–Kier alpha value is -5.70. The second-order valence-electron chi connectivity index (χ2n) is 22.2. The lowest BCUT2D eigenvalue weighted by Gasteiger charge is -2.03. The highest BCUT2D eigenvalue weighted by Crippen LogP contribution is 2.15. The summed E-state index contributed by atoms with van der Waals surface area (Å²) in [6.45, 7) is 14.9. The van der Waals surface area contributed by atoms with E-state index >= 15 is 0 Å². The molecule has 4 heterocycles. The average Bonchev–Trinajstić information content (AvgIpc) is 3.57. The van der Waals surface area contributed by atoms with Crippen molar-refractivity contribution in [2.75, 3.05) is 46.1 Å². The highest BCUT2D eigenvalue weighted by atomic mass is 16.5. The van der Waals surface area contributed by atoms with Crippen molar-refractivity contribution in [3.8, 4) is 0 Å². The quantitative estimate of drug-likeness (QED) is 0.0156. The number of aliphatic carboxylic acids is 3. The molecule has 0 aromatic carbocycles. The molecule has 7 N–H and O–H groups in total. The number of hydrogen-bond donors (Lipinski definition) is 5. The fourth-order valence-corrected chi connectivity index (χ4v) is 8.66. The monoisotopic (exact) mass is 1270 g/mol. The third kappa shape index (κ3) is 61.2. The van der Waals surface area contributed by atoms with E-state index in [0.717, 1.165) is 80.7 Å². The molecule has 4 aromatic heterocycles. The minimum Gasteiger partial charge on any atom is -0.544 e. The van der Waals surface area contributed by atoms with Crippen LogP contribution in [0, 0.1) is 0 Å². The zero-order chi connectivity index (χ0) is 66.6. The maximum absolute atomic E-state index is 10.4. The summed E-state index contributed by atoms with van der Waals surface area (Å²) in [5.74, 6) is 2.21. The molecule has 0 fully saturated rings. The Morgan fingerprint density at radius 2 is 0.800 bits per heavy atom. The molecule has 0 unspecified atom stereocenters. The standard InChI is InChI=1S/C18H31NO4.C18H29NO4.C16H26O3.C10H22O.C7H8O2.C2H5NO2.H2/c2*1-2-3-4-5-6-7-8-9-12-22-15-17-11-10-16(23-17)13-19-14-18(20)21;1-2-3-4-5-6-7-8-9-12-18-14-16-11-10-15(13-17)19-16;1-2-3-4-5-6-7-8-9-10-11;1-2-6-3-4-7(5-8)9-6;3-1-2(4)5;/h10-11,19H,2-9,12-15H2,1H3,(H,20,21);10-11,13H,2-9,12,14-15H2,1H3,(H,20,21);10-11,13H,2-9,12,14H2,1H3;11H,2-10H2,1H3;3-5H,2H2,1H3;1,3H2,(H,4,5);1H/i;;;;;;1+1. The summed E-state index contributed by atoms with van der Waals surface area (Å²) in [5, 5.41) is 36.6. The summed E-state index contributed by atoms with van der Waals surface area (Å²) in [5.41, 5.74) is 4.57. The Morgan fingerprint density at radius 1 is 0.478 bits per heavy atom. The fraction of sp³-hybridized carbons (Fsp3) is 0.690. The van der Waals surface area contributed by atoms with Crippen LogP contribution in [0.3, 0.4) is 0 Å². The number of aliphatic imine (C=N–C) groups is 1. The number of hydrogen-bond acceptors (Lipinski definition) is 16. The number of carbonyl (C=O) groups is 5. The Labute approximate surface area is 541 Å². The summed E-state index contributed by atoms with van der Waals surface area (Å²) in [7, 11) is 0. The molecular weight excluding hydrogens is 1150 g/mol. The first-order valence-electron chi connectivity index (χ1n) is 34.1. The number of furan rings is 4. The summed E-state index contributed by atoms with van der Waals surface area (Å²) >= 11 is 0. The van der Waals surface area contributed by atoms with E-state index in [4.69, 9.17) is 47.2 Å². The summed E-state index contributed by atoms with van der Waals surface area (Å²) in [6.07, 6.45) is 45.2. The lowest BCUT2D eigenvalue weighted by atomic mass is 10.1. The predicted octanol–water partition coefficient (Wildman–Crippen LogP) is 15.0. The number of nitrogens with zero attached hydrogens (tertiary/aromatic N) is 1. The Balaban J connectivity index is -0.00000108. The molecule has 90 heavy (non-hydrogen) atoms. The van der Waals surface area contributed by atoms with Crippen LogP contribution < -0.4 is 16.2 Å². The number of ether oxygens (including phenoxy) is 3. The number of quaternary nitrogens is 1. The lowest BCUT2D eigenvalue weighted by Crippen LogP contribution is -2.85. The van der Waals surface area contributed by atoms with E-state index in [-0.39, 0.29) is 21.1 Å². The minimum atomic E-state index is -1.06. The Kier molecular flexibility index (Phi) is 64.9. The SMILES string of the molecule is CCCCCCCCCCO.CCCCCCCCCCOCc1ccc(C=NCC(=O)O)o1.CCCCCCCCCCOCc1ccc(C=O)o1.CCCCCCCCCCOCc1ccc(C[NH2+]CC(=O)[O-])o1.CCc1ccc(C=O)o1.NCC(=O)O.[2HH]. The third-order valence-electron chi connectivity index (χ3n) is 13.8. The number of nitrogens with two attached hydrogens (primary N) is 2. The van der Waals surface area contributed by atoms with Gasteiger partial charge in [0.1, 0.15) is 68.3 Å². The van der Waals surface area contributed by atoms with E-state index < -0.39 is 17.9 Å². The molecule has 0 atom stereocenters. The summed E-state index contributed by atoms with van der Waals surface area (Å²) < 4.78 is 38.0. The fourth-order valence-electron chi connectivity index (χ4n) is 8.66. The molecule has 0 saturated carbocycles. The first kappa shape index (κ1) is 86.4. The van der Waals surface area contributed by atoms with E-state index in [1.54, 1.807) is 29.6 Å². The first-order valence-corrected chi connectivity index (χ1v) is 34.1. The van der Waals surface area contributed by atoms with Crippen LogP contribution in [0.5, 0.6) is 0 Å². The molecule has 0 spiro atoms. The van der Waals surface area contributed by atoms with Gasteiger partial charge in [-0.2, -0.15) is 0 Å². The summed E-state index contributed by atoms with van der Waals surface area (Å²) in [4.78, 5) is 54.1. The molecule has 0 bridgehead atoms. The number of carboxylic acids is 3. The molecule has 518 valence electrons. The van der Waals surface area contributed by atoms with E-state index in [0.29, 0.717) is 62.8 Å². The molecule has 4 aromatic rings. The molecule has 0 radical (unpaired) electrons.